The number of unbranched alkanes of at least 4 members (excludes halogenated alkanes) is 1. The second-order valence-corrected chi connectivity index (χ2v) is 5.57. The molecule has 1 saturated heterocycles. The van der Waals surface area contributed by atoms with Gasteiger partial charge in [-0.1, -0.05) is 13.3 Å². The highest BCUT2D eigenvalue weighted by Crippen LogP contribution is 2.19. The van der Waals surface area contributed by atoms with Crippen LogP contribution in [0.25, 0.3) is 10.9 Å². The molecule has 0 amide bonds. The average molecular weight is 303 g/mol. The van der Waals surface area contributed by atoms with Crippen LogP contribution in [0, 0.1) is 0 Å². The molecule has 1 aliphatic heterocycles. The molecule has 2 aromatic rings. The molecule has 118 valence electrons. The number of aromatic amines is 1. The minimum absolute atomic E-state index is 0.206. The number of rotatable bonds is 4. The zero-order valence-electron chi connectivity index (χ0n) is 12.8. The third-order valence-corrected chi connectivity index (χ3v) is 4.08. The van der Waals surface area contributed by atoms with Crippen molar-refractivity contribution < 1.29 is 4.74 Å². The molecule has 1 aromatic heterocycles. The van der Waals surface area contributed by atoms with Gasteiger partial charge in [0.05, 0.1) is 24.1 Å². The van der Waals surface area contributed by atoms with Crippen LogP contribution in [-0.4, -0.2) is 35.9 Å². The molecule has 0 atom stereocenters. The first-order valence-corrected chi connectivity index (χ1v) is 7.80. The van der Waals surface area contributed by atoms with E-state index in [1.165, 1.54) is 4.57 Å². The molecule has 1 N–H and O–H groups in total. The molecule has 0 bridgehead atoms. The van der Waals surface area contributed by atoms with Crippen LogP contribution in [0.3, 0.4) is 0 Å². The Morgan fingerprint density at radius 1 is 1.23 bits per heavy atom. The Morgan fingerprint density at radius 3 is 2.73 bits per heavy atom. The molecule has 2 heterocycles. The summed E-state index contributed by atoms with van der Waals surface area (Å²) >= 11 is 0. The molecule has 1 fully saturated rings. The van der Waals surface area contributed by atoms with Crippen LogP contribution in [-0.2, 0) is 11.3 Å². The molecule has 0 unspecified atom stereocenters. The van der Waals surface area contributed by atoms with Gasteiger partial charge in [-0.15, -0.1) is 0 Å². The van der Waals surface area contributed by atoms with Gasteiger partial charge >= 0.3 is 5.69 Å². The minimum Gasteiger partial charge on any atom is -0.378 e. The predicted molar refractivity (Wildman–Crippen MR) is 86.8 cm³/mol. The standard InChI is InChI=1S/C16H21N3O3/c1-2-3-6-19-15(20)13-11-12(18-7-9-22-10-8-18)4-5-14(13)17-16(19)21/h4-5,11H,2-3,6-10H2,1H3,(H,17,21). The smallest absolute Gasteiger partial charge is 0.328 e. The number of fused-ring (bicyclic) bond motifs is 1. The Kier molecular flexibility index (Phi) is 4.29. The first-order valence-electron chi connectivity index (χ1n) is 7.80. The van der Waals surface area contributed by atoms with Gasteiger partial charge < -0.3 is 14.6 Å². The second kappa shape index (κ2) is 6.36. The maximum Gasteiger partial charge on any atom is 0.328 e. The van der Waals surface area contributed by atoms with Crippen molar-refractivity contribution in [3.63, 3.8) is 0 Å². The molecule has 6 heteroatoms. The topological polar surface area (TPSA) is 67.3 Å². The lowest BCUT2D eigenvalue weighted by Gasteiger charge is -2.29. The van der Waals surface area contributed by atoms with Crippen molar-refractivity contribution in [2.24, 2.45) is 0 Å². The van der Waals surface area contributed by atoms with Crippen LogP contribution in [0.5, 0.6) is 0 Å². The number of aromatic nitrogens is 2. The fraction of sp³-hybridized carbons (Fsp3) is 0.500. The summed E-state index contributed by atoms with van der Waals surface area (Å²) in [6.07, 6.45) is 1.76. The highest BCUT2D eigenvalue weighted by Gasteiger charge is 2.13. The molecule has 0 spiro atoms. The van der Waals surface area contributed by atoms with Crippen LogP contribution < -0.4 is 16.1 Å². The molecule has 1 aliphatic rings. The zero-order valence-corrected chi connectivity index (χ0v) is 12.8. The van der Waals surface area contributed by atoms with Crippen molar-refractivity contribution in [3.8, 4) is 0 Å². The summed E-state index contributed by atoms with van der Waals surface area (Å²) in [5, 5.41) is 0.569. The monoisotopic (exact) mass is 303 g/mol. The number of hydrogen-bond acceptors (Lipinski definition) is 4. The van der Waals surface area contributed by atoms with Crippen LogP contribution in [0.4, 0.5) is 5.69 Å². The van der Waals surface area contributed by atoms with E-state index in [9.17, 15) is 9.59 Å². The number of nitrogens with zero attached hydrogens (tertiary/aromatic N) is 2. The van der Waals surface area contributed by atoms with Crippen LogP contribution in [0.2, 0.25) is 0 Å². The Bertz CT molecular complexity index is 772. The fourth-order valence-electron chi connectivity index (χ4n) is 2.78. The summed E-state index contributed by atoms with van der Waals surface area (Å²) in [6.45, 7) is 5.53. The lowest BCUT2D eigenvalue weighted by molar-refractivity contribution is 0.122. The molecule has 3 rings (SSSR count). The highest BCUT2D eigenvalue weighted by atomic mass is 16.5. The van der Waals surface area contributed by atoms with Gasteiger partial charge in [-0.3, -0.25) is 9.36 Å². The summed E-state index contributed by atoms with van der Waals surface area (Å²) in [4.78, 5) is 29.6. The number of nitrogens with one attached hydrogen (secondary N) is 1. The molecular weight excluding hydrogens is 282 g/mol. The number of H-pyrrole nitrogens is 1. The van der Waals surface area contributed by atoms with Crippen LogP contribution in [0.1, 0.15) is 19.8 Å². The first kappa shape index (κ1) is 14.8. The average Bonchev–Trinajstić information content (AvgIpc) is 2.55. The Labute approximate surface area is 128 Å². The molecular formula is C16H21N3O3. The summed E-state index contributed by atoms with van der Waals surface area (Å²) in [6, 6.07) is 5.63. The summed E-state index contributed by atoms with van der Waals surface area (Å²) in [5.41, 5.74) is 1.06. The van der Waals surface area contributed by atoms with Crippen molar-refractivity contribution >= 4 is 16.6 Å². The van der Waals surface area contributed by atoms with Gasteiger partial charge in [0.2, 0.25) is 0 Å². The molecule has 1 aromatic carbocycles. The molecule has 0 aliphatic carbocycles. The molecule has 6 nitrogen and oxygen atoms in total. The quantitative estimate of drug-likeness (QED) is 0.925. The third-order valence-electron chi connectivity index (χ3n) is 4.08. The number of hydrogen-bond donors (Lipinski definition) is 1. The lowest BCUT2D eigenvalue weighted by atomic mass is 10.2. The maximum atomic E-state index is 12.6. The third kappa shape index (κ3) is 2.78. The summed E-state index contributed by atoms with van der Waals surface area (Å²) < 4.78 is 6.66. The van der Waals surface area contributed by atoms with E-state index in [4.69, 9.17) is 4.74 Å². The van der Waals surface area contributed by atoms with E-state index in [2.05, 4.69) is 9.88 Å². The fourth-order valence-corrected chi connectivity index (χ4v) is 2.78. The zero-order chi connectivity index (χ0) is 15.5. The number of ether oxygens (including phenoxy) is 1. The molecule has 0 radical (unpaired) electrons. The van der Waals surface area contributed by atoms with Gasteiger partial charge in [0.15, 0.2) is 0 Å². The van der Waals surface area contributed by atoms with Gasteiger partial charge in [0, 0.05) is 25.3 Å². The van der Waals surface area contributed by atoms with Gasteiger partial charge in [0.25, 0.3) is 5.56 Å². The van der Waals surface area contributed by atoms with Crippen molar-refractivity contribution in [1.82, 2.24) is 9.55 Å². The van der Waals surface area contributed by atoms with E-state index in [0.29, 0.717) is 30.7 Å². The second-order valence-electron chi connectivity index (χ2n) is 5.57. The largest absolute Gasteiger partial charge is 0.378 e. The normalized spacial score (nSPS) is 15.4. The minimum atomic E-state index is -0.329. The van der Waals surface area contributed by atoms with Crippen molar-refractivity contribution in [2.75, 3.05) is 31.2 Å². The van der Waals surface area contributed by atoms with Crippen molar-refractivity contribution in [3.05, 3.63) is 39.0 Å². The first-order chi connectivity index (χ1) is 10.7. The maximum absolute atomic E-state index is 12.6. The lowest BCUT2D eigenvalue weighted by Crippen LogP contribution is -2.37. The Balaban J connectivity index is 2.06. The predicted octanol–water partition coefficient (Wildman–Crippen LogP) is 1.33. The van der Waals surface area contributed by atoms with Crippen LogP contribution in [0.15, 0.2) is 27.8 Å². The molecule has 22 heavy (non-hydrogen) atoms. The van der Waals surface area contributed by atoms with Gasteiger partial charge in [0.1, 0.15) is 0 Å². The summed E-state index contributed by atoms with van der Waals surface area (Å²) in [7, 11) is 0. The number of morpholine rings is 1. The van der Waals surface area contributed by atoms with E-state index in [1.54, 1.807) is 0 Å². The van der Waals surface area contributed by atoms with E-state index < -0.39 is 0 Å². The SMILES string of the molecule is CCCCn1c(=O)[nH]c2ccc(N3CCOCC3)cc2c1=O. The highest BCUT2D eigenvalue weighted by molar-refractivity contribution is 5.81. The Morgan fingerprint density at radius 2 is 2.00 bits per heavy atom. The van der Waals surface area contributed by atoms with Gasteiger partial charge in [-0.25, -0.2) is 4.79 Å². The van der Waals surface area contributed by atoms with E-state index in [-0.39, 0.29) is 11.2 Å². The van der Waals surface area contributed by atoms with E-state index in [1.807, 2.05) is 25.1 Å². The number of anilines is 1. The van der Waals surface area contributed by atoms with Crippen LogP contribution >= 0.6 is 0 Å². The van der Waals surface area contributed by atoms with Crippen molar-refractivity contribution in [1.29, 1.82) is 0 Å². The van der Waals surface area contributed by atoms with Gasteiger partial charge in [-0.2, -0.15) is 0 Å². The van der Waals surface area contributed by atoms with Gasteiger partial charge in [-0.05, 0) is 24.6 Å². The van der Waals surface area contributed by atoms with E-state index in [0.717, 1.165) is 31.6 Å². The number of benzene rings is 1. The summed E-state index contributed by atoms with van der Waals surface area (Å²) in [5.74, 6) is 0. The van der Waals surface area contributed by atoms with E-state index >= 15 is 0 Å². The molecule has 0 saturated carbocycles. The Hall–Kier alpha value is -2.08. The van der Waals surface area contributed by atoms with Crippen molar-refractivity contribution in [2.45, 2.75) is 26.3 Å².